The first-order valence-electron chi connectivity index (χ1n) is 5.30. The molecule has 88 valence electrons. The number of carbonyl (C=O) groups is 1. The Morgan fingerprint density at radius 1 is 1.24 bits per heavy atom. The summed E-state index contributed by atoms with van der Waals surface area (Å²) in [6.45, 7) is 5.24. The number of pyridine rings is 1. The minimum absolute atomic E-state index is 0.0851. The predicted octanol–water partition coefficient (Wildman–Crippen LogP) is 1.70. The van der Waals surface area contributed by atoms with Gasteiger partial charge in [0.15, 0.2) is 18.1 Å². The van der Waals surface area contributed by atoms with Gasteiger partial charge >= 0.3 is 5.97 Å². The predicted molar refractivity (Wildman–Crippen MR) is 62.3 cm³/mol. The highest BCUT2D eigenvalue weighted by Crippen LogP contribution is 2.14. The lowest BCUT2D eigenvalue weighted by Crippen LogP contribution is -2.05. The molecule has 17 heavy (non-hydrogen) atoms. The first-order chi connectivity index (χ1) is 8.06. The summed E-state index contributed by atoms with van der Waals surface area (Å²) in [4.78, 5) is 23.6. The number of hydrogen-bond acceptors (Lipinski definition) is 5. The molecule has 0 spiro atoms. The minimum atomic E-state index is -0.344. The Labute approximate surface area is 98.9 Å². The molecule has 5 heteroatoms. The molecule has 2 aromatic heterocycles. The third kappa shape index (κ3) is 2.55. The van der Waals surface area contributed by atoms with Crippen LogP contribution in [0.15, 0.2) is 12.1 Å². The highest BCUT2D eigenvalue weighted by atomic mass is 16.5. The van der Waals surface area contributed by atoms with E-state index < -0.39 is 0 Å². The summed E-state index contributed by atoms with van der Waals surface area (Å²) >= 11 is 0. The van der Waals surface area contributed by atoms with Crippen molar-refractivity contribution < 1.29 is 9.53 Å². The molecule has 0 saturated heterocycles. The lowest BCUT2D eigenvalue weighted by Gasteiger charge is -2.05. The van der Waals surface area contributed by atoms with Gasteiger partial charge in [0.25, 0.3) is 0 Å². The normalized spacial score (nSPS) is 10.5. The smallest absolute Gasteiger partial charge is 0.303 e. The van der Waals surface area contributed by atoms with Gasteiger partial charge in [0.2, 0.25) is 0 Å². The second kappa shape index (κ2) is 4.45. The zero-order valence-electron chi connectivity index (χ0n) is 10.0. The average Bonchev–Trinajstić information content (AvgIpc) is 2.25. The Morgan fingerprint density at radius 3 is 2.71 bits per heavy atom. The molecule has 2 rings (SSSR count). The topological polar surface area (TPSA) is 65.0 Å². The lowest BCUT2D eigenvalue weighted by atomic mass is 10.2. The van der Waals surface area contributed by atoms with Crippen LogP contribution >= 0.6 is 0 Å². The van der Waals surface area contributed by atoms with E-state index in [1.807, 2.05) is 26.0 Å². The summed E-state index contributed by atoms with van der Waals surface area (Å²) in [6, 6.07) is 3.87. The van der Waals surface area contributed by atoms with E-state index in [1.54, 1.807) is 0 Å². The van der Waals surface area contributed by atoms with Gasteiger partial charge in [-0.05, 0) is 26.0 Å². The molecule has 0 aliphatic carbocycles. The van der Waals surface area contributed by atoms with Crippen LogP contribution in [0.1, 0.15) is 24.1 Å². The number of ether oxygens (including phenoxy) is 1. The van der Waals surface area contributed by atoms with E-state index in [4.69, 9.17) is 4.74 Å². The van der Waals surface area contributed by atoms with E-state index in [-0.39, 0.29) is 12.6 Å². The van der Waals surface area contributed by atoms with Gasteiger partial charge < -0.3 is 4.74 Å². The zero-order chi connectivity index (χ0) is 12.4. The SMILES string of the molecule is CC(=O)OCc1nc(C)c2ccc(C)nc2n1. The van der Waals surface area contributed by atoms with E-state index >= 15 is 0 Å². The van der Waals surface area contributed by atoms with Crippen molar-refractivity contribution in [2.45, 2.75) is 27.4 Å². The fraction of sp³-hybridized carbons (Fsp3) is 0.333. The monoisotopic (exact) mass is 231 g/mol. The van der Waals surface area contributed by atoms with Crippen molar-refractivity contribution in [1.82, 2.24) is 15.0 Å². The summed E-state index contributed by atoms with van der Waals surface area (Å²) in [5, 5.41) is 0.919. The number of aromatic nitrogens is 3. The van der Waals surface area contributed by atoms with Gasteiger partial charge in [-0.15, -0.1) is 0 Å². The second-order valence-electron chi connectivity index (χ2n) is 3.83. The van der Waals surface area contributed by atoms with E-state index in [2.05, 4.69) is 15.0 Å². The molecule has 0 radical (unpaired) electrons. The lowest BCUT2D eigenvalue weighted by molar-refractivity contribution is -0.142. The van der Waals surface area contributed by atoms with E-state index in [0.29, 0.717) is 11.5 Å². The molecule has 0 unspecified atom stereocenters. The number of aryl methyl sites for hydroxylation is 2. The Balaban J connectivity index is 2.42. The molecule has 0 aromatic carbocycles. The molecule has 0 bridgehead atoms. The molecule has 0 aliphatic heterocycles. The van der Waals surface area contributed by atoms with Crippen molar-refractivity contribution in [2.75, 3.05) is 0 Å². The maximum Gasteiger partial charge on any atom is 0.303 e. The summed E-state index contributed by atoms with van der Waals surface area (Å²) < 4.78 is 4.87. The van der Waals surface area contributed by atoms with Crippen molar-refractivity contribution >= 4 is 17.0 Å². The standard InChI is InChI=1S/C12H13N3O2/c1-7-4-5-10-8(2)14-11(6-17-9(3)16)15-12(10)13-7/h4-5H,6H2,1-3H3. The number of carbonyl (C=O) groups excluding carboxylic acids is 1. The molecule has 2 aromatic rings. The van der Waals surface area contributed by atoms with E-state index in [0.717, 1.165) is 16.8 Å². The van der Waals surface area contributed by atoms with Crippen LogP contribution in [0.2, 0.25) is 0 Å². The maximum absolute atomic E-state index is 10.7. The molecule has 5 nitrogen and oxygen atoms in total. The Hall–Kier alpha value is -2.04. The summed E-state index contributed by atoms with van der Waals surface area (Å²) in [5.41, 5.74) is 2.37. The first-order valence-corrected chi connectivity index (χ1v) is 5.30. The van der Waals surface area contributed by atoms with Crippen LogP contribution in [0.5, 0.6) is 0 Å². The molecular formula is C12H13N3O2. The molecule has 2 heterocycles. The fourth-order valence-electron chi connectivity index (χ4n) is 1.54. The highest BCUT2D eigenvalue weighted by Gasteiger charge is 2.06. The Kier molecular flexibility index (Phi) is 2.99. The average molecular weight is 231 g/mol. The van der Waals surface area contributed by atoms with Gasteiger partial charge in [-0.25, -0.2) is 15.0 Å². The van der Waals surface area contributed by atoms with Crippen molar-refractivity contribution in [2.24, 2.45) is 0 Å². The van der Waals surface area contributed by atoms with E-state index in [1.165, 1.54) is 6.92 Å². The van der Waals surface area contributed by atoms with Crippen LogP contribution < -0.4 is 0 Å². The number of rotatable bonds is 2. The molecule has 0 amide bonds. The van der Waals surface area contributed by atoms with Crippen LogP contribution in [0.4, 0.5) is 0 Å². The largest absolute Gasteiger partial charge is 0.458 e. The van der Waals surface area contributed by atoms with Gasteiger partial charge in [-0.1, -0.05) is 0 Å². The molecule has 0 N–H and O–H groups in total. The van der Waals surface area contributed by atoms with Gasteiger partial charge in [-0.2, -0.15) is 0 Å². The number of fused-ring (bicyclic) bond motifs is 1. The summed E-state index contributed by atoms with van der Waals surface area (Å²) in [6.07, 6.45) is 0. The number of hydrogen-bond donors (Lipinski definition) is 0. The zero-order valence-corrected chi connectivity index (χ0v) is 10.0. The van der Waals surface area contributed by atoms with Gasteiger partial charge in [-0.3, -0.25) is 4.79 Å². The van der Waals surface area contributed by atoms with Crippen molar-refractivity contribution in [1.29, 1.82) is 0 Å². The summed E-state index contributed by atoms with van der Waals surface area (Å²) in [5.74, 6) is 0.131. The Morgan fingerprint density at radius 2 is 2.00 bits per heavy atom. The van der Waals surface area contributed by atoms with Crippen molar-refractivity contribution in [3.63, 3.8) is 0 Å². The first kappa shape index (κ1) is 11.4. The second-order valence-corrected chi connectivity index (χ2v) is 3.83. The van der Waals surface area contributed by atoms with Crippen LogP contribution in [0, 0.1) is 13.8 Å². The molecule has 0 saturated carbocycles. The maximum atomic E-state index is 10.7. The van der Waals surface area contributed by atoms with Gasteiger partial charge in [0.05, 0.1) is 5.69 Å². The van der Waals surface area contributed by atoms with Crippen molar-refractivity contribution in [3.05, 3.63) is 29.3 Å². The minimum Gasteiger partial charge on any atom is -0.458 e. The van der Waals surface area contributed by atoms with Crippen LogP contribution in [0.25, 0.3) is 11.0 Å². The summed E-state index contributed by atoms with van der Waals surface area (Å²) in [7, 11) is 0. The van der Waals surface area contributed by atoms with Gasteiger partial charge in [0.1, 0.15) is 0 Å². The molecule has 0 aliphatic rings. The molecule has 0 atom stereocenters. The van der Waals surface area contributed by atoms with E-state index in [9.17, 15) is 4.79 Å². The van der Waals surface area contributed by atoms with Gasteiger partial charge in [0, 0.05) is 18.0 Å². The molecular weight excluding hydrogens is 218 g/mol. The number of nitrogens with zero attached hydrogens (tertiary/aromatic N) is 3. The highest BCUT2D eigenvalue weighted by molar-refractivity contribution is 5.77. The van der Waals surface area contributed by atoms with Crippen LogP contribution in [-0.4, -0.2) is 20.9 Å². The fourth-order valence-corrected chi connectivity index (χ4v) is 1.54. The molecule has 0 fully saturated rings. The number of esters is 1. The third-order valence-electron chi connectivity index (χ3n) is 2.34. The van der Waals surface area contributed by atoms with Crippen LogP contribution in [0.3, 0.4) is 0 Å². The quantitative estimate of drug-likeness (QED) is 0.736. The van der Waals surface area contributed by atoms with Crippen LogP contribution in [-0.2, 0) is 16.1 Å². The Bertz CT molecular complexity index is 581. The van der Waals surface area contributed by atoms with Crippen molar-refractivity contribution in [3.8, 4) is 0 Å². The third-order valence-corrected chi connectivity index (χ3v) is 2.34.